The molecule has 0 unspecified atom stereocenters. The molecule has 0 atom stereocenters. The average Bonchev–Trinajstić information content (AvgIpc) is 2.61. The van der Waals surface area contributed by atoms with E-state index in [2.05, 4.69) is 26.5 Å². The van der Waals surface area contributed by atoms with Gasteiger partial charge in [0.1, 0.15) is 16.8 Å². The second-order valence-electron chi connectivity index (χ2n) is 4.80. The van der Waals surface area contributed by atoms with Gasteiger partial charge in [-0.25, -0.2) is 5.43 Å². The summed E-state index contributed by atoms with van der Waals surface area (Å²) in [5.41, 5.74) is 2.64. The highest BCUT2D eigenvalue weighted by Crippen LogP contribution is 2.24. The number of hydrazone groups is 1. The summed E-state index contributed by atoms with van der Waals surface area (Å²) in [4.78, 5) is 21.9. The molecule has 8 nitrogen and oxygen atoms in total. The predicted octanol–water partition coefficient (Wildman–Crippen LogP) is 3.41. The second-order valence-corrected chi connectivity index (χ2v) is 6.12. The molecule has 2 rings (SSSR count). The first kappa shape index (κ1) is 19.4. The number of ether oxygens (including phenoxy) is 1. The Labute approximate surface area is 161 Å². The molecule has 2 aromatic rings. The number of nitrogens with one attached hydrogen (secondary N) is 1. The molecule has 0 radical (unpaired) electrons. The summed E-state index contributed by atoms with van der Waals surface area (Å²) in [6.45, 7) is -0.353. The van der Waals surface area contributed by atoms with Gasteiger partial charge in [0.05, 0.1) is 16.7 Å². The molecule has 0 aliphatic rings. The van der Waals surface area contributed by atoms with Crippen LogP contribution < -0.4 is 10.2 Å². The number of halogens is 2. The number of carbonyl (C=O) groups excluding carboxylic acids is 1. The van der Waals surface area contributed by atoms with Gasteiger partial charge in [-0.05, 0) is 24.3 Å². The van der Waals surface area contributed by atoms with Crippen LogP contribution >= 0.6 is 27.5 Å². The third-order valence-corrected chi connectivity index (χ3v) is 3.80. The van der Waals surface area contributed by atoms with Crippen LogP contribution in [0.5, 0.6) is 5.75 Å². The minimum atomic E-state index is -0.614. The van der Waals surface area contributed by atoms with Crippen molar-refractivity contribution < 1.29 is 14.5 Å². The lowest BCUT2D eigenvalue weighted by molar-refractivity contribution is -0.384. The van der Waals surface area contributed by atoms with Crippen LogP contribution in [0.4, 0.5) is 5.69 Å². The van der Waals surface area contributed by atoms with Crippen LogP contribution in [0, 0.1) is 21.4 Å². The van der Waals surface area contributed by atoms with Gasteiger partial charge in [0.25, 0.3) is 11.6 Å². The van der Waals surface area contributed by atoms with E-state index >= 15 is 0 Å². The van der Waals surface area contributed by atoms with E-state index in [1.54, 1.807) is 18.2 Å². The molecule has 1 N–H and O–H groups in total. The van der Waals surface area contributed by atoms with Gasteiger partial charge >= 0.3 is 0 Å². The standard InChI is InChI=1S/C16H10BrClN4O4/c17-12-2-4-15(11(6-12)7-19)26-9-16(23)21-20-8-10-1-3-13(18)14(5-10)22(24)25/h1-6,8H,9H2,(H,21,23)/b20-8-. The average molecular weight is 438 g/mol. The van der Waals surface area contributed by atoms with Crippen LogP contribution in [-0.2, 0) is 4.79 Å². The van der Waals surface area contributed by atoms with E-state index in [9.17, 15) is 14.9 Å². The molecule has 10 heteroatoms. The molecule has 26 heavy (non-hydrogen) atoms. The Morgan fingerprint density at radius 2 is 2.19 bits per heavy atom. The van der Waals surface area contributed by atoms with E-state index in [-0.39, 0.29) is 28.6 Å². The van der Waals surface area contributed by atoms with E-state index in [0.29, 0.717) is 10.0 Å². The van der Waals surface area contributed by atoms with Crippen LogP contribution in [0.15, 0.2) is 46.0 Å². The number of nitro groups is 1. The van der Waals surface area contributed by atoms with Crippen molar-refractivity contribution >= 4 is 45.3 Å². The Morgan fingerprint density at radius 3 is 2.88 bits per heavy atom. The number of carbonyl (C=O) groups is 1. The maximum Gasteiger partial charge on any atom is 0.288 e. The van der Waals surface area contributed by atoms with Crippen LogP contribution in [0.3, 0.4) is 0 Å². The van der Waals surface area contributed by atoms with E-state index < -0.39 is 10.8 Å². The number of hydrogen-bond donors (Lipinski definition) is 1. The van der Waals surface area contributed by atoms with Crippen LogP contribution in [0.2, 0.25) is 5.02 Å². The zero-order chi connectivity index (χ0) is 19.1. The van der Waals surface area contributed by atoms with Gasteiger partial charge in [-0.15, -0.1) is 0 Å². The zero-order valence-corrected chi connectivity index (χ0v) is 15.3. The summed E-state index contributed by atoms with van der Waals surface area (Å²) >= 11 is 8.95. The maximum absolute atomic E-state index is 11.7. The third kappa shape index (κ3) is 5.27. The Bertz CT molecular complexity index is 927. The van der Waals surface area contributed by atoms with Gasteiger partial charge in [0.2, 0.25) is 0 Å². The van der Waals surface area contributed by atoms with Crippen molar-refractivity contribution in [3.63, 3.8) is 0 Å². The van der Waals surface area contributed by atoms with E-state index in [1.165, 1.54) is 24.4 Å². The number of nitro benzene ring substituents is 1. The molecule has 0 aliphatic heterocycles. The molecule has 0 heterocycles. The minimum Gasteiger partial charge on any atom is -0.482 e. The normalized spacial score (nSPS) is 10.3. The quantitative estimate of drug-likeness (QED) is 0.422. The highest BCUT2D eigenvalue weighted by atomic mass is 79.9. The Balaban J connectivity index is 1.93. The topological polar surface area (TPSA) is 118 Å². The van der Waals surface area contributed by atoms with Crippen molar-refractivity contribution in [1.82, 2.24) is 5.43 Å². The minimum absolute atomic E-state index is 0.00683. The van der Waals surface area contributed by atoms with Gasteiger partial charge in [0.15, 0.2) is 6.61 Å². The Hall–Kier alpha value is -2.96. The maximum atomic E-state index is 11.7. The van der Waals surface area contributed by atoms with Crippen LogP contribution in [0.25, 0.3) is 0 Å². The fourth-order valence-corrected chi connectivity index (χ4v) is 2.37. The summed E-state index contributed by atoms with van der Waals surface area (Å²) in [7, 11) is 0. The zero-order valence-electron chi connectivity index (χ0n) is 13.0. The summed E-state index contributed by atoms with van der Waals surface area (Å²) in [5, 5.41) is 23.5. The molecule has 0 fully saturated rings. The highest BCUT2D eigenvalue weighted by Gasteiger charge is 2.12. The molecule has 0 spiro atoms. The van der Waals surface area contributed by atoms with Crippen molar-refractivity contribution in [3.8, 4) is 11.8 Å². The van der Waals surface area contributed by atoms with Gasteiger partial charge in [-0.2, -0.15) is 10.4 Å². The lowest BCUT2D eigenvalue weighted by atomic mass is 10.2. The van der Waals surface area contributed by atoms with E-state index in [1.807, 2.05) is 6.07 Å². The number of nitriles is 1. The first-order chi connectivity index (χ1) is 12.4. The van der Waals surface area contributed by atoms with Crippen molar-refractivity contribution in [1.29, 1.82) is 5.26 Å². The summed E-state index contributed by atoms with van der Waals surface area (Å²) in [5.74, 6) is -0.292. The number of rotatable bonds is 6. The molecule has 0 bridgehead atoms. The second kappa shape index (κ2) is 8.94. The molecule has 0 saturated carbocycles. The SMILES string of the molecule is N#Cc1cc(Br)ccc1OCC(=O)N/N=C\c1ccc(Cl)c([N+](=O)[O-])c1. The summed E-state index contributed by atoms with van der Waals surface area (Å²) in [6, 6.07) is 10.9. The highest BCUT2D eigenvalue weighted by molar-refractivity contribution is 9.10. The number of nitrogens with zero attached hydrogens (tertiary/aromatic N) is 3. The van der Waals surface area contributed by atoms with E-state index in [4.69, 9.17) is 21.6 Å². The third-order valence-electron chi connectivity index (χ3n) is 2.99. The largest absolute Gasteiger partial charge is 0.482 e. The van der Waals surface area contributed by atoms with Gasteiger partial charge in [0, 0.05) is 16.1 Å². The van der Waals surface area contributed by atoms with Crippen molar-refractivity contribution in [3.05, 3.63) is 67.1 Å². The summed E-state index contributed by atoms with van der Waals surface area (Å²) in [6.07, 6.45) is 1.24. The molecule has 0 aliphatic carbocycles. The van der Waals surface area contributed by atoms with E-state index in [0.717, 1.165) is 0 Å². The number of amides is 1. The fraction of sp³-hybridized carbons (Fsp3) is 0.0625. The first-order valence-electron chi connectivity index (χ1n) is 6.99. The molecular weight excluding hydrogens is 428 g/mol. The van der Waals surface area contributed by atoms with Gasteiger partial charge in [-0.1, -0.05) is 33.6 Å². The van der Waals surface area contributed by atoms with Crippen molar-refractivity contribution in [2.24, 2.45) is 5.10 Å². The van der Waals surface area contributed by atoms with Crippen LogP contribution in [-0.4, -0.2) is 23.7 Å². The molecule has 0 saturated heterocycles. The van der Waals surface area contributed by atoms with Crippen molar-refractivity contribution in [2.75, 3.05) is 6.61 Å². The molecule has 0 aromatic heterocycles. The van der Waals surface area contributed by atoms with Crippen molar-refractivity contribution in [2.45, 2.75) is 0 Å². The fourth-order valence-electron chi connectivity index (χ4n) is 1.82. The lowest BCUT2D eigenvalue weighted by Gasteiger charge is -2.06. The molecular formula is C16H10BrClN4O4. The van der Waals surface area contributed by atoms with Gasteiger partial charge < -0.3 is 4.74 Å². The lowest BCUT2D eigenvalue weighted by Crippen LogP contribution is -2.24. The molecule has 132 valence electrons. The predicted molar refractivity (Wildman–Crippen MR) is 98.2 cm³/mol. The first-order valence-corrected chi connectivity index (χ1v) is 8.16. The Morgan fingerprint density at radius 1 is 1.42 bits per heavy atom. The smallest absolute Gasteiger partial charge is 0.288 e. The summed E-state index contributed by atoms with van der Waals surface area (Å²) < 4.78 is 5.99. The molecule has 2 aromatic carbocycles. The monoisotopic (exact) mass is 436 g/mol. The Kier molecular flexibility index (Phi) is 6.66. The van der Waals surface area contributed by atoms with Gasteiger partial charge in [-0.3, -0.25) is 14.9 Å². The number of hydrogen-bond acceptors (Lipinski definition) is 6. The van der Waals surface area contributed by atoms with Crippen LogP contribution in [0.1, 0.15) is 11.1 Å². The number of benzene rings is 2. The molecule has 1 amide bonds.